The van der Waals surface area contributed by atoms with Gasteiger partial charge < -0.3 is 10.2 Å². The zero-order valence-electron chi connectivity index (χ0n) is 15.1. The number of rotatable bonds is 6. The van der Waals surface area contributed by atoms with Crippen LogP contribution >= 0.6 is 15.9 Å². The molecule has 0 saturated carbocycles. The molecule has 1 aliphatic rings. The highest BCUT2D eigenvalue weighted by molar-refractivity contribution is 9.10. The monoisotopic (exact) mass is 443 g/mol. The number of fused-ring (bicyclic) bond motifs is 1. The van der Waals surface area contributed by atoms with E-state index in [0.717, 1.165) is 4.90 Å². The number of likely N-dealkylation sites (N-methyl/N-ethyl adjacent to an activating group) is 1. The van der Waals surface area contributed by atoms with E-state index < -0.39 is 11.8 Å². The van der Waals surface area contributed by atoms with Crippen LogP contribution in [0.3, 0.4) is 0 Å². The lowest BCUT2D eigenvalue weighted by Crippen LogP contribution is -2.38. The number of hydrogen-bond donors (Lipinski definition) is 1. The molecule has 0 unspecified atom stereocenters. The molecule has 4 amide bonds. The van der Waals surface area contributed by atoms with Crippen molar-refractivity contribution in [1.29, 1.82) is 0 Å². The van der Waals surface area contributed by atoms with Gasteiger partial charge in [0, 0.05) is 30.2 Å². The summed E-state index contributed by atoms with van der Waals surface area (Å²) in [6, 6.07) is 13.8. The van der Waals surface area contributed by atoms with E-state index >= 15 is 0 Å². The van der Waals surface area contributed by atoms with Crippen LogP contribution in [0.4, 0.5) is 5.69 Å². The number of nitrogens with one attached hydrogen (secondary N) is 1. The van der Waals surface area contributed by atoms with Gasteiger partial charge in [0.25, 0.3) is 11.8 Å². The van der Waals surface area contributed by atoms with E-state index in [-0.39, 0.29) is 31.3 Å². The molecule has 0 aromatic heterocycles. The third kappa shape index (κ3) is 4.28. The van der Waals surface area contributed by atoms with E-state index in [4.69, 9.17) is 0 Å². The molecule has 1 aliphatic heterocycles. The Hall–Kier alpha value is -3.00. The van der Waals surface area contributed by atoms with Crippen molar-refractivity contribution < 1.29 is 19.2 Å². The fraction of sp³-hybridized carbons (Fsp3) is 0.200. The summed E-state index contributed by atoms with van der Waals surface area (Å²) in [5, 5.41) is 2.70. The van der Waals surface area contributed by atoms with Gasteiger partial charge >= 0.3 is 0 Å². The zero-order valence-corrected chi connectivity index (χ0v) is 16.7. The zero-order chi connectivity index (χ0) is 20.3. The lowest BCUT2D eigenvalue weighted by molar-refractivity contribution is -0.133. The Labute approximate surface area is 170 Å². The first kappa shape index (κ1) is 19.8. The molecule has 3 rings (SSSR count). The third-order valence-corrected chi connectivity index (χ3v) is 4.84. The number of benzene rings is 2. The normalized spacial score (nSPS) is 12.7. The molecular weight excluding hydrogens is 426 g/mol. The SMILES string of the molecule is CN(CC(=O)Nc1ccccc1)C(=O)CCN1C(=O)c2ccc(Br)cc2C1=O. The van der Waals surface area contributed by atoms with Crippen molar-refractivity contribution in [1.82, 2.24) is 9.80 Å². The van der Waals surface area contributed by atoms with E-state index in [1.54, 1.807) is 42.5 Å². The lowest BCUT2D eigenvalue weighted by atomic mass is 10.1. The van der Waals surface area contributed by atoms with Gasteiger partial charge in [0.05, 0.1) is 17.7 Å². The number of hydrogen-bond acceptors (Lipinski definition) is 4. The molecule has 0 aliphatic carbocycles. The predicted molar refractivity (Wildman–Crippen MR) is 107 cm³/mol. The van der Waals surface area contributed by atoms with Crippen LogP contribution in [0.15, 0.2) is 53.0 Å². The standard InChI is InChI=1S/C20H18BrN3O4/c1-23(12-17(25)22-14-5-3-2-4-6-14)18(26)9-10-24-19(27)15-8-7-13(21)11-16(15)20(24)28/h2-8,11H,9-10,12H2,1H3,(H,22,25). The van der Waals surface area contributed by atoms with Gasteiger partial charge in [-0.3, -0.25) is 24.1 Å². The topological polar surface area (TPSA) is 86.8 Å². The fourth-order valence-corrected chi connectivity index (χ4v) is 3.25. The summed E-state index contributed by atoms with van der Waals surface area (Å²) in [7, 11) is 1.51. The molecule has 0 spiro atoms. The van der Waals surface area contributed by atoms with Crippen molar-refractivity contribution in [3.8, 4) is 0 Å². The summed E-state index contributed by atoms with van der Waals surface area (Å²) in [4.78, 5) is 51.5. The highest BCUT2D eigenvalue weighted by atomic mass is 79.9. The average Bonchev–Trinajstić information content (AvgIpc) is 2.90. The van der Waals surface area contributed by atoms with Gasteiger partial charge in [-0.2, -0.15) is 0 Å². The van der Waals surface area contributed by atoms with Crippen molar-refractivity contribution in [3.05, 3.63) is 64.1 Å². The van der Waals surface area contributed by atoms with Crippen molar-refractivity contribution >= 4 is 45.2 Å². The summed E-state index contributed by atoms with van der Waals surface area (Å²) in [6.45, 7) is -0.157. The van der Waals surface area contributed by atoms with E-state index in [2.05, 4.69) is 21.2 Å². The van der Waals surface area contributed by atoms with Crippen LogP contribution in [0, 0.1) is 0 Å². The van der Waals surface area contributed by atoms with Crippen LogP contribution in [0.1, 0.15) is 27.1 Å². The number of imide groups is 1. The number of nitrogens with zero attached hydrogens (tertiary/aromatic N) is 2. The maximum atomic E-state index is 12.4. The van der Waals surface area contributed by atoms with Crippen LogP contribution in [0.2, 0.25) is 0 Å². The Morgan fingerprint density at radius 2 is 1.71 bits per heavy atom. The Morgan fingerprint density at radius 3 is 2.43 bits per heavy atom. The molecular formula is C20H18BrN3O4. The summed E-state index contributed by atoms with van der Waals surface area (Å²) in [6.07, 6.45) is -0.0538. The summed E-state index contributed by atoms with van der Waals surface area (Å²) < 4.78 is 0.703. The van der Waals surface area contributed by atoms with Gasteiger partial charge in [0.1, 0.15) is 0 Å². The van der Waals surface area contributed by atoms with Crippen LogP contribution in [0.25, 0.3) is 0 Å². The van der Waals surface area contributed by atoms with E-state index in [1.165, 1.54) is 11.9 Å². The largest absolute Gasteiger partial charge is 0.336 e. The van der Waals surface area contributed by atoms with Crippen molar-refractivity contribution in [2.24, 2.45) is 0 Å². The summed E-state index contributed by atoms with van der Waals surface area (Å²) in [5.41, 5.74) is 1.30. The maximum absolute atomic E-state index is 12.4. The number of para-hydroxylation sites is 1. The van der Waals surface area contributed by atoms with Crippen LogP contribution in [-0.4, -0.2) is 53.6 Å². The van der Waals surface area contributed by atoms with Gasteiger partial charge in [-0.1, -0.05) is 34.1 Å². The summed E-state index contributed by atoms with van der Waals surface area (Å²) in [5.74, 6) is -1.49. The van der Waals surface area contributed by atoms with Crippen LogP contribution in [0.5, 0.6) is 0 Å². The Kier molecular flexibility index (Phi) is 5.89. The minimum absolute atomic E-state index is 0.0343. The quantitative estimate of drug-likeness (QED) is 0.694. The number of amides is 4. The molecule has 144 valence electrons. The molecule has 2 aromatic rings. The second kappa shape index (κ2) is 8.35. The Bertz CT molecular complexity index is 946. The van der Waals surface area contributed by atoms with Crippen LogP contribution < -0.4 is 5.32 Å². The number of carbonyl (C=O) groups excluding carboxylic acids is 4. The third-order valence-electron chi connectivity index (χ3n) is 4.35. The number of anilines is 1. The molecule has 7 nitrogen and oxygen atoms in total. The van der Waals surface area contributed by atoms with Crippen molar-refractivity contribution in [2.45, 2.75) is 6.42 Å². The molecule has 28 heavy (non-hydrogen) atoms. The lowest BCUT2D eigenvalue weighted by Gasteiger charge is -2.19. The van der Waals surface area contributed by atoms with Gasteiger partial charge in [-0.05, 0) is 30.3 Å². The maximum Gasteiger partial charge on any atom is 0.261 e. The van der Waals surface area contributed by atoms with Crippen molar-refractivity contribution in [3.63, 3.8) is 0 Å². The second-order valence-corrected chi connectivity index (χ2v) is 7.28. The molecule has 0 bridgehead atoms. The minimum atomic E-state index is -0.418. The van der Waals surface area contributed by atoms with Crippen molar-refractivity contribution in [2.75, 3.05) is 25.5 Å². The predicted octanol–water partition coefficient (Wildman–Crippen LogP) is 2.53. The van der Waals surface area contributed by atoms with E-state index in [1.807, 2.05) is 6.07 Å². The molecule has 0 saturated heterocycles. The molecule has 2 aromatic carbocycles. The first-order valence-electron chi connectivity index (χ1n) is 8.61. The van der Waals surface area contributed by atoms with Gasteiger partial charge in [0.2, 0.25) is 11.8 Å². The second-order valence-electron chi connectivity index (χ2n) is 6.37. The average molecular weight is 444 g/mol. The van der Waals surface area contributed by atoms with Gasteiger partial charge in [-0.15, -0.1) is 0 Å². The minimum Gasteiger partial charge on any atom is -0.336 e. The highest BCUT2D eigenvalue weighted by Gasteiger charge is 2.35. The summed E-state index contributed by atoms with van der Waals surface area (Å²) >= 11 is 3.28. The van der Waals surface area contributed by atoms with E-state index in [9.17, 15) is 19.2 Å². The highest BCUT2D eigenvalue weighted by Crippen LogP contribution is 2.26. The van der Waals surface area contributed by atoms with Crippen LogP contribution in [-0.2, 0) is 9.59 Å². The molecule has 0 atom stereocenters. The Balaban J connectivity index is 1.53. The smallest absolute Gasteiger partial charge is 0.261 e. The van der Waals surface area contributed by atoms with Gasteiger partial charge in [-0.25, -0.2) is 0 Å². The van der Waals surface area contributed by atoms with Gasteiger partial charge in [0.15, 0.2) is 0 Å². The first-order chi connectivity index (χ1) is 13.4. The van der Waals surface area contributed by atoms with E-state index in [0.29, 0.717) is 21.3 Å². The molecule has 0 fully saturated rings. The molecule has 0 radical (unpaired) electrons. The first-order valence-corrected chi connectivity index (χ1v) is 9.40. The molecule has 1 heterocycles. The fourth-order valence-electron chi connectivity index (χ4n) is 2.89. The number of carbonyl (C=O) groups is 4. The number of halogens is 1. The molecule has 8 heteroatoms. The molecule has 1 N–H and O–H groups in total. The Morgan fingerprint density at radius 1 is 1.04 bits per heavy atom.